The van der Waals surface area contributed by atoms with Gasteiger partial charge in [0, 0.05) is 24.7 Å². The molecule has 3 rings (SSSR count). The number of benzene rings is 1. The molecule has 2 amide bonds. The summed E-state index contributed by atoms with van der Waals surface area (Å²) >= 11 is 0. The van der Waals surface area contributed by atoms with Crippen LogP contribution in [0.15, 0.2) is 24.5 Å². The molecule has 3 N–H and O–H groups in total. The summed E-state index contributed by atoms with van der Waals surface area (Å²) in [5.41, 5.74) is 1.83. The van der Waals surface area contributed by atoms with Crippen LogP contribution in [0.2, 0.25) is 0 Å². The van der Waals surface area contributed by atoms with Crippen LogP contribution in [0.4, 0.5) is 16.2 Å². The summed E-state index contributed by atoms with van der Waals surface area (Å²) < 4.78 is 25.2. The van der Waals surface area contributed by atoms with Gasteiger partial charge in [-0.3, -0.25) is 9.82 Å². The van der Waals surface area contributed by atoms with Crippen molar-refractivity contribution in [1.82, 2.24) is 20.1 Å². The Labute approximate surface area is 152 Å². The predicted molar refractivity (Wildman–Crippen MR) is 98.6 cm³/mol. The van der Waals surface area contributed by atoms with Crippen molar-refractivity contribution in [3.8, 4) is 0 Å². The summed E-state index contributed by atoms with van der Waals surface area (Å²) in [6.07, 6.45) is 4.39. The van der Waals surface area contributed by atoms with Crippen molar-refractivity contribution in [2.24, 2.45) is 0 Å². The number of hydrogen-bond donors (Lipinski definition) is 3. The largest absolute Gasteiger partial charge is 0.324 e. The van der Waals surface area contributed by atoms with Crippen LogP contribution in [0.5, 0.6) is 0 Å². The molecule has 0 aliphatic carbocycles. The number of likely N-dealkylation sites (tertiary alicyclic amines) is 1. The summed E-state index contributed by atoms with van der Waals surface area (Å²) in [4.78, 5) is 18.6. The van der Waals surface area contributed by atoms with E-state index in [-0.39, 0.29) is 11.9 Å². The van der Waals surface area contributed by atoms with Crippen LogP contribution in [-0.2, 0) is 10.0 Å². The van der Waals surface area contributed by atoms with Crippen LogP contribution < -0.4 is 10.0 Å². The van der Waals surface area contributed by atoms with Gasteiger partial charge in [-0.05, 0) is 37.5 Å². The van der Waals surface area contributed by atoms with Crippen molar-refractivity contribution in [3.63, 3.8) is 0 Å². The number of H-pyrrole nitrogens is 1. The minimum absolute atomic E-state index is 0.135. The van der Waals surface area contributed by atoms with Gasteiger partial charge < -0.3 is 10.2 Å². The molecule has 9 nitrogen and oxygen atoms in total. The minimum atomic E-state index is -3.38. The first-order valence-electron chi connectivity index (χ1n) is 8.31. The number of aryl methyl sites for hydroxylation is 1. The molecule has 1 aromatic carbocycles. The van der Waals surface area contributed by atoms with E-state index in [1.165, 1.54) is 6.33 Å². The number of hydrogen-bond acceptors (Lipinski definition) is 5. The molecule has 140 valence electrons. The Kier molecular flexibility index (Phi) is 5.12. The molecular formula is C16H22N6O3S. The highest BCUT2D eigenvalue weighted by Crippen LogP contribution is 2.26. The quantitative estimate of drug-likeness (QED) is 0.750. The molecule has 1 atom stereocenters. The van der Waals surface area contributed by atoms with Gasteiger partial charge >= 0.3 is 6.03 Å². The maximum atomic E-state index is 12.7. The monoisotopic (exact) mass is 378 g/mol. The van der Waals surface area contributed by atoms with E-state index in [2.05, 4.69) is 25.2 Å². The topological polar surface area (TPSA) is 120 Å². The Balaban J connectivity index is 1.70. The molecule has 26 heavy (non-hydrogen) atoms. The van der Waals surface area contributed by atoms with Gasteiger partial charge in [-0.1, -0.05) is 6.07 Å². The Morgan fingerprint density at radius 2 is 2.19 bits per heavy atom. The third-order valence-electron chi connectivity index (χ3n) is 4.31. The van der Waals surface area contributed by atoms with Gasteiger partial charge in [-0.25, -0.2) is 18.2 Å². The number of carbonyl (C=O) groups is 1. The molecule has 1 aliphatic rings. The van der Waals surface area contributed by atoms with E-state index < -0.39 is 10.0 Å². The van der Waals surface area contributed by atoms with Crippen molar-refractivity contribution in [3.05, 3.63) is 35.9 Å². The van der Waals surface area contributed by atoms with Crippen molar-refractivity contribution in [1.29, 1.82) is 0 Å². The van der Waals surface area contributed by atoms with E-state index in [1.54, 1.807) is 23.1 Å². The number of carbonyl (C=O) groups excluding carboxylic acids is 1. The van der Waals surface area contributed by atoms with E-state index in [0.29, 0.717) is 24.5 Å². The number of aromatic amines is 1. The van der Waals surface area contributed by atoms with Crippen molar-refractivity contribution < 1.29 is 13.2 Å². The Hall–Kier alpha value is -2.62. The highest BCUT2D eigenvalue weighted by molar-refractivity contribution is 7.92. The fourth-order valence-electron chi connectivity index (χ4n) is 3.02. The first-order valence-corrected chi connectivity index (χ1v) is 10.2. The third-order valence-corrected chi connectivity index (χ3v) is 4.92. The lowest BCUT2D eigenvalue weighted by atomic mass is 9.98. The molecule has 10 heteroatoms. The minimum Gasteiger partial charge on any atom is -0.324 e. The molecule has 1 aromatic heterocycles. The first kappa shape index (κ1) is 18.2. The molecule has 2 heterocycles. The lowest BCUT2D eigenvalue weighted by Gasteiger charge is -2.31. The van der Waals surface area contributed by atoms with Gasteiger partial charge in [0.1, 0.15) is 12.2 Å². The second-order valence-corrected chi connectivity index (χ2v) is 8.24. The van der Waals surface area contributed by atoms with Gasteiger partial charge in [-0.2, -0.15) is 5.10 Å². The summed E-state index contributed by atoms with van der Waals surface area (Å²) in [5, 5.41) is 9.62. The van der Waals surface area contributed by atoms with Gasteiger partial charge in [-0.15, -0.1) is 0 Å². The molecule has 2 aromatic rings. The number of amides is 2. The normalized spacial score (nSPS) is 17.8. The maximum absolute atomic E-state index is 12.7. The molecule has 0 radical (unpaired) electrons. The molecule has 0 saturated carbocycles. The Bertz CT molecular complexity index is 881. The van der Waals surface area contributed by atoms with Gasteiger partial charge in [0.05, 0.1) is 11.9 Å². The maximum Gasteiger partial charge on any atom is 0.321 e. The lowest BCUT2D eigenvalue weighted by Crippen LogP contribution is -2.42. The van der Waals surface area contributed by atoms with Gasteiger partial charge in [0.2, 0.25) is 10.0 Å². The van der Waals surface area contributed by atoms with E-state index in [9.17, 15) is 13.2 Å². The van der Waals surface area contributed by atoms with Crippen LogP contribution in [0.1, 0.15) is 30.1 Å². The summed E-state index contributed by atoms with van der Waals surface area (Å²) in [5.74, 6) is 0.925. The molecule has 0 bridgehead atoms. The van der Waals surface area contributed by atoms with Crippen molar-refractivity contribution >= 4 is 27.4 Å². The Morgan fingerprint density at radius 3 is 2.88 bits per heavy atom. The number of anilines is 2. The first-order chi connectivity index (χ1) is 12.3. The second kappa shape index (κ2) is 7.32. The summed E-state index contributed by atoms with van der Waals surface area (Å²) in [6, 6.07) is 4.82. The number of nitrogens with zero attached hydrogens (tertiary/aromatic N) is 3. The lowest BCUT2D eigenvalue weighted by molar-refractivity contribution is 0.191. The molecule has 0 unspecified atom stereocenters. The van der Waals surface area contributed by atoms with Crippen LogP contribution in [0.25, 0.3) is 0 Å². The van der Waals surface area contributed by atoms with Crippen LogP contribution in [0.3, 0.4) is 0 Å². The fraction of sp³-hybridized carbons (Fsp3) is 0.438. The van der Waals surface area contributed by atoms with Crippen LogP contribution in [0, 0.1) is 6.92 Å². The zero-order valence-corrected chi connectivity index (χ0v) is 15.5. The molecule has 1 saturated heterocycles. The van der Waals surface area contributed by atoms with E-state index >= 15 is 0 Å². The number of nitrogens with one attached hydrogen (secondary N) is 3. The zero-order valence-electron chi connectivity index (χ0n) is 14.7. The molecule has 1 fully saturated rings. The van der Waals surface area contributed by atoms with E-state index in [1.807, 2.05) is 6.92 Å². The van der Waals surface area contributed by atoms with Gasteiger partial charge in [0.15, 0.2) is 0 Å². The number of piperidine rings is 1. The zero-order chi connectivity index (χ0) is 18.7. The number of aromatic nitrogens is 3. The highest BCUT2D eigenvalue weighted by atomic mass is 32.2. The van der Waals surface area contributed by atoms with Crippen molar-refractivity contribution in [2.75, 3.05) is 29.4 Å². The van der Waals surface area contributed by atoms with Crippen LogP contribution >= 0.6 is 0 Å². The second-order valence-electron chi connectivity index (χ2n) is 6.49. The Morgan fingerprint density at radius 1 is 1.38 bits per heavy atom. The molecular weight excluding hydrogens is 356 g/mol. The van der Waals surface area contributed by atoms with Crippen LogP contribution in [-0.4, -0.2) is 53.9 Å². The average Bonchev–Trinajstić information content (AvgIpc) is 3.11. The predicted octanol–water partition coefficient (Wildman–Crippen LogP) is 1.90. The van der Waals surface area contributed by atoms with E-state index in [0.717, 1.165) is 30.5 Å². The fourth-order valence-corrected chi connectivity index (χ4v) is 3.58. The number of urea groups is 1. The number of sulfonamides is 1. The highest BCUT2D eigenvalue weighted by Gasteiger charge is 2.26. The SMILES string of the molecule is Cc1ccc(NS(C)(=O)=O)cc1NC(=O)N1CCC[C@H](c2ncn[nH]2)C1. The third kappa shape index (κ3) is 4.51. The standard InChI is InChI=1S/C16H22N6O3S/c1-11-5-6-13(21-26(2,24)25)8-14(11)19-16(23)22-7-3-4-12(9-22)15-17-10-18-20-15/h5-6,8,10,12,21H,3-4,7,9H2,1-2H3,(H,19,23)(H,17,18,20)/t12-/m0/s1. The van der Waals surface area contributed by atoms with E-state index in [4.69, 9.17) is 0 Å². The summed E-state index contributed by atoms with van der Waals surface area (Å²) in [6.45, 7) is 3.07. The number of rotatable bonds is 4. The smallest absolute Gasteiger partial charge is 0.321 e. The van der Waals surface area contributed by atoms with Crippen molar-refractivity contribution in [2.45, 2.75) is 25.7 Å². The molecule has 0 spiro atoms. The summed E-state index contributed by atoms with van der Waals surface area (Å²) in [7, 11) is -3.38. The van der Waals surface area contributed by atoms with Gasteiger partial charge in [0.25, 0.3) is 0 Å². The average molecular weight is 378 g/mol. The molecule has 1 aliphatic heterocycles.